The summed E-state index contributed by atoms with van der Waals surface area (Å²) in [5.74, 6) is 0. The zero-order valence-corrected chi connectivity index (χ0v) is 13.3. The van der Waals surface area contributed by atoms with E-state index < -0.39 is 11.7 Å². The predicted octanol–water partition coefficient (Wildman–Crippen LogP) is 4.97. The molecular formula is C17H16F3N5. The molecule has 0 saturated carbocycles. The van der Waals surface area contributed by atoms with Crippen LogP contribution in [0.3, 0.4) is 0 Å². The predicted molar refractivity (Wildman–Crippen MR) is 91.1 cm³/mol. The second-order valence-corrected chi connectivity index (χ2v) is 5.73. The lowest BCUT2D eigenvalue weighted by atomic mass is 10.1. The van der Waals surface area contributed by atoms with Crippen LogP contribution in [0, 0.1) is 0 Å². The van der Waals surface area contributed by atoms with Gasteiger partial charge in [0.05, 0.1) is 5.56 Å². The Labute approximate surface area is 142 Å². The van der Waals surface area contributed by atoms with Crippen molar-refractivity contribution in [3.63, 3.8) is 0 Å². The molecule has 0 radical (unpaired) electrons. The Morgan fingerprint density at radius 1 is 0.880 bits per heavy atom. The van der Waals surface area contributed by atoms with Crippen LogP contribution in [0.5, 0.6) is 0 Å². The summed E-state index contributed by atoms with van der Waals surface area (Å²) < 4.78 is 38.5. The highest BCUT2D eigenvalue weighted by Crippen LogP contribution is 2.32. The highest BCUT2D eigenvalue weighted by Gasteiger charge is 2.31. The van der Waals surface area contributed by atoms with Gasteiger partial charge in [-0.1, -0.05) is 23.3 Å². The van der Waals surface area contributed by atoms with Crippen molar-refractivity contribution in [1.82, 2.24) is 0 Å². The Bertz CT molecular complexity index is 774. The van der Waals surface area contributed by atoms with Crippen LogP contribution >= 0.6 is 0 Å². The van der Waals surface area contributed by atoms with Gasteiger partial charge in [0.25, 0.3) is 0 Å². The van der Waals surface area contributed by atoms with E-state index in [2.05, 4.69) is 14.9 Å². The van der Waals surface area contributed by atoms with Gasteiger partial charge in [0.1, 0.15) is 0 Å². The average molecular weight is 347 g/mol. The number of piperazine rings is 1. The first-order chi connectivity index (χ1) is 12.0. The van der Waals surface area contributed by atoms with Crippen molar-refractivity contribution < 1.29 is 13.2 Å². The van der Waals surface area contributed by atoms with Gasteiger partial charge >= 0.3 is 6.18 Å². The number of anilines is 2. The maximum Gasteiger partial charge on any atom is 0.416 e. The second kappa shape index (κ2) is 6.94. The molecule has 1 saturated heterocycles. The van der Waals surface area contributed by atoms with E-state index >= 15 is 0 Å². The minimum absolute atomic E-state index is 0.550. The summed E-state index contributed by atoms with van der Waals surface area (Å²) in [5.41, 5.74) is 9.93. The molecule has 0 unspecified atom stereocenters. The van der Waals surface area contributed by atoms with E-state index in [1.54, 1.807) is 18.2 Å². The Morgan fingerprint density at radius 3 is 2.04 bits per heavy atom. The molecular weight excluding hydrogens is 331 g/mol. The molecule has 8 heteroatoms. The van der Waals surface area contributed by atoms with Crippen LogP contribution in [0.25, 0.3) is 10.4 Å². The molecule has 0 amide bonds. The lowest BCUT2D eigenvalue weighted by Gasteiger charge is -2.37. The lowest BCUT2D eigenvalue weighted by molar-refractivity contribution is -0.137. The van der Waals surface area contributed by atoms with Crippen LogP contribution in [0.2, 0.25) is 0 Å². The molecule has 2 aromatic rings. The SMILES string of the molecule is [N-]=[N+]=Nc1ccc(N2CCN(c3cccc(C(F)(F)F)c3)CC2)cc1. The van der Waals surface area contributed by atoms with Gasteiger partial charge in [-0.25, -0.2) is 0 Å². The molecule has 0 bridgehead atoms. The fourth-order valence-corrected chi connectivity index (χ4v) is 2.88. The molecule has 3 rings (SSSR count). The van der Waals surface area contributed by atoms with Gasteiger partial charge in [-0.3, -0.25) is 0 Å². The Hall–Kier alpha value is -2.86. The van der Waals surface area contributed by atoms with Gasteiger partial charge in [-0.05, 0) is 35.9 Å². The number of benzene rings is 2. The average Bonchev–Trinajstić information content (AvgIpc) is 2.62. The van der Waals surface area contributed by atoms with Gasteiger partial charge in [0, 0.05) is 48.2 Å². The van der Waals surface area contributed by atoms with E-state index in [4.69, 9.17) is 5.53 Å². The van der Waals surface area contributed by atoms with Gasteiger partial charge in [-0.2, -0.15) is 13.2 Å². The quantitative estimate of drug-likeness (QED) is 0.447. The number of azide groups is 1. The van der Waals surface area contributed by atoms with E-state index in [1.807, 2.05) is 17.0 Å². The maximum atomic E-state index is 12.8. The van der Waals surface area contributed by atoms with Gasteiger partial charge in [-0.15, -0.1) is 0 Å². The monoisotopic (exact) mass is 347 g/mol. The zero-order chi connectivity index (χ0) is 17.9. The molecule has 5 nitrogen and oxygen atoms in total. The van der Waals surface area contributed by atoms with E-state index in [0.717, 1.165) is 11.8 Å². The Balaban J connectivity index is 1.66. The maximum absolute atomic E-state index is 12.8. The summed E-state index contributed by atoms with van der Waals surface area (Å²) >= 11 is 0. The first kappa shape index (κ1) is 17.0. The fourth-order valence-electron chi connectivity index (χ4n) is 2.88. The second-order valence-electron chi connectivity index (χ2n) is 5.73. The van der Waals surface area contributed by atoms with Crippen LogP contribution in [0.1, 0.15) is 5.56 Å². The van der Waals surface area contributed by atoms with Crippen LogP contribution < -0.4 is 9.80 Å². The van der Waals surface area contributed by atoms with Crippen molar-refractivity contribution in [2.75, 3.05) is 36.0 Å². The van der Waals surface area contributed by atoms with E-state index in [0.29, 0.717) is 37.6 Å². The minimum atomic E-state index is -4.33. The number of alkyl halides is 3. The topological polar surface area (TPSA) is 55.2 Å². The van der Waals surface area contributed by atoms with Crippen LogP contribution in [-0.2, 0) is 6.18 Å². The lowest BCUT2D eigenvalue weighted by Crippen LogP contribution is -2.46. The Kier molecular flexibility index (Phi) is 4.72. The summed E-state index contributed by atoms with van der Waals surface area (Å²) in [6.07, 6.45) is -4.33. The number of halogens is 3. The summed E-state index contributed by atoms with van der Waals surface area (Å²) in [7, 11) is 0. The van der Waals surface area contributed by atoms with Crippen LogP contribution in [0.4, 0.5) is 30.2 Å². The summed E-state index contributed by atoms with van der Waals surface area (Å²) in [6.45, 7) is 2.69. The van der Waals surface area contributed by atoms with E-state index in [1.165, 1.54) is 12.1 Å². The summed E-state index contributed by atoms with van der Waals surface area (Å²) in [5, 5.41) is 3.53. The first-order valence-corrected chi connectivity index (χ1v) is 7.80. The summed E-state index contributed by atoms with van der Waals surface area (Å²) in [6, 6.07) is 12.7. The smallest absolute Gasteiger partial charge is 0.368 e. The first-order valence-electron chi connectivity index (χ1n) is 7.80. The molecule has 1 fully saturated rings. The van der Waals surface area contributed by atoms with Crippen molar-refractivity contribution in [1.29, 1.82) is 0 Å². The molecule has 1 heterocycles. The molecule has 0 spiro atoms. The molecule has 1 aliphatic rings. The minimum Gasteiger partial charge on any atom is -0.368 e. The molecule has 0 atom stereocenters. The standard InChI is InChI=1S/C17H16F3N5/c18-17(19,20)13-2-1-3-16(12-13)25-10-8-24(9-11-25)15-6-4-14(5-7-15)22-23-21/h1-7,12H,8-11H2. The van der Waals surface area contributed by atoms with Crippen molar-refractivity contribution >= 4 is 17.1 Å². The normalized spacial score (nSPS) is 15.0. The molecule has 0 aliphatic carbocycles. The van der Waals surface area contributed by atoms with Crippen molar-refractivity contribution in [3.8, 4) is 0 Å². The highest BCUT2D eigenvalue weighted by molar-refractivity contribution is 5.55. The number of hydrogen-bond donors (Lipinski definition) is 0. The number of nitrogens with zero attached hydrogens (tertiary/aromatic N) is 5. The number of rotatable bonds is 3. The fraction of sp³-hybridized carbons (Fsp3) is 0.294. The van der Waals surface area contributed by atoms with Crippen molar-refractivity contribution in [2.24, 2.45) is 5.11 Å². The zero-order valence-electron chi connectivity index (χ0n) is 13.3. The molecule has 2 aromatic carbocycles. The van der Waals surface area contributed by atoms with Crippen LogP contribution in [-0.4, -0.2) is 26.2 Å². The van der Waals surface area contributed by atoms with Gasteiger partial charge in [0.2, 0.25) is 0 Å². The van der Waals surface area contributed by atoms with E-state index in [-0.39, 0.29) is 0 Å². The third kappa shape index (κ3) is 3.97. The van der Waals surface area contributed by atoms with Gasteiger partial charge in [0.15, 0.2) is 0 Å². The number of hydrogen-bond acceptors (Lipinski definition) is 3. The van der Waals surface area contributed by atoms with Gasteiger partial charge < -0.3 is 9.80 Å². The molecule has 0 N–H and O–H groups in total. The molecule has 25 heavy (non-hydrogen) atoms. The van der Waals surface area contributed by atoms with E-state index in [9.17, 15) is 13.2 Å². The van der Waals surface area contributed by atoms with Crippen molar-refractivity contribution in [3.05, 3.63) is 64.5 Å². The third-order valence-electron chi connectivity index (χ3n) is 4.19. The molecule has 1 aliphatic heterocycles. The third-order valence-corrected chi connectivity index (χ3v) is 4.19. The largest absolute Gasteiger partial charge is 0.416 e. The molecule has 0 aromatic heterocycles. The molecule has 130 valence electrons. The summed E-state index contributed by atoms with van der Waals surface area (Å²) in [4.78, 5) is 6.86. The Morgan fingerprint density at radius 2 is 1.48 bits per heavy atom. The van der Waals surface area contributed by atoms with Crippen LogP contribution in [0.15, 0.2) is 53.6 Å². The highest BCUT2D eigenvalue weighted by atomic mass is 19.4. The van der Waals surface area contributed by atoms with Crippen molar-refractivity contribution in [2.45, 2.75) is 6.18 Å².